The Bertz CT molecular complexity index is 1350. The summed E-state index contributed by atoms with van der Waals surface area (Å²) < 4.78 is 12.9. The minimum absolute atomic E-state index is 0.0264. The highest BCUT2D eigenvalue weighted by atomic mass is 16.5. The van der Waals surface area contributed by atoms with Crippen molar-refractivity contribution in [2.24, 2.45) is 0 Å². The van der Waals surface area contributed by atoms with E-state index >= 15 is 0 Å². The molecule has 42 heavy (non-hydrogen) atoms. The molecule has 0 amide bonds. The van der Waals surface area contributed by atoms with Crippen LogP contribution in [0.3, 0.4) is 0 Å². The summed E-state index contributed by atoms with van der Waals surface area (Å²) in [7, 11) is 0. The molecule has 1 aliphatic rings. The molecule has 0 aliphatic heterocycles. The highest BCUT2D eigenvalue weighted by Crippen LogP contribution is 2.42. The largest absolute Gasteiger partial charge is 0.376 e. The van der Waals surface area contributed by atoms with Gasteiger partial charge >= 0.3 is 0 Å². The zero-order chi connectivity index (χ0) is 29.0. The molecule has 0 spiro atoms. The number of rotatable bonds is 14. The summed E-state index contributed by atoms with van der Waals surface area (Å²) in [4.78, 5) is 0. The van der Waals surface area contributed by atoms with Gasteiger partial charge in [-0.1, -0.05) is 128 Å². The van der Waals surface area contributed by atoms with Crippen molar-refractivity contribution in [1.29, 1.82) is 0 Å². The third-order valence-corrected chi connectivity index (χ3v) is 9.13. The molecular weight excluding hydrogens is 514 g/mol. The van der Waals surface area contributed by atoms with E-state index in [4.69, 9.17) is 9.47 Å². The first-order valence-corrected chi connectivity index (χ1v) is 15.7. The van der Waals surface area contributed by atoms with Crippen molar-refractivity contribution in [2.45, 2.75) is 76.5 Å². The maximum absolute atomic E-state index is 6.53. The fourth-order valence-electron chi connectivity index (χ4n) is 6.75. The van der Waals surface area contributed by atoms with Crippen molar-refractivity contribution >= 4 is 0 Å². The molecule has 2 atom stereocenters. The van der Waals surface area contributed by atoms with Crippen LogP contribution in [-0.2, 0) is 22.7 Å². The summed E-state index contributed by atoms with van der Waals surface area (Å²) in [6, 6.07) is 38.8. The van der Waals surface area contributed by atoms with Crippen LogP contribution in [0, 0.1) is 13.8 Å². The number of hydrogen-bond donors (Lipinski definition) is 1. The number of benzene rings is 4. The van der Waals surface area contributed by atoms with Gasteiger partial charge in [0.05, 0.1) is 26.4 Å². The molecular formula is C39H47NO2. The lowest BCUT2D eigenvalue weighted by atomic mass is 9.69. The summed E-state index contributed by atoms with van der Waals surface area (Å²) in [6.07, 6.45) is 6.11. The van der Waals surface area contributed by atoms with E-state index in [0.717, 1.165) is 19.4 Å². The standard InChI is InChI=1S/C39H47NO2/c1-31-16-10-12-22-36(31)35(29-41-27-33-18-6-3-7-19-33)26-40-39(24-14-5-15-25-39)38(37-23-13-11-17-32(37)2)30-42-28-34-20-8-4-9-21-34/h3-4,6-13,16-23,35,38,40H,5,14-15,24-30H2,1-2H3. The Morgan fingerprint density at radius 1 is 0.595 bits per heavy atom. The Balaban J connectivity index is 1.38. The van der Waals surface area contributed by atoms with Crippen molar-refractivity contribution in [3.8, 4) is 0 Å². The molecule has 1 aliphatic carbocycles. The van der Waals surface area contributed by atoms with Crippen molar-refractivity contribution < 1.29 is 9.47 Å². The summed E-state index contributed by atoms with van der Waals surface area (Å²) in [5.74, 6) is 0.530. The lowest BCUT2D eigenvalue weighted by Crippen LogP contribution is -2.54. The van der Waals surface area contributed by atoms with Crippen LogP contribution in [-0.4, -0.2) is 25.3 Å². The van der Waals surface area contributed by atoms with E-state index in [1.165, 1.54) is 52.6 Å². The lowest BCUT2D eigenvalue weighted by molar-refractivity contribution is 0.0572. The van der Waals surface area contributed by atoms with E-state index in [1.54, 1.807) is 0 Å². The molecule has 4 aromatic carbocycles. The summed E-state index contributed by atoms with van der Waals surface area (Å²) >= 11 is 0. The Hall–Kier alpha value is -3.24. The molecule has 220 valence electrons. The second kappa shape index (κ2) is 15.3. The number of aryl methyl sites for hydroxylation is 2. The zero-order valence-electron chi connectivity index (χ0n) is 25.4. The van der Waals surface area contributed by atoms with E-state index in [9.17, 15) is 0 Å². The van der Waals surface area contributed by atoms with Crippen LogP contribution >= 0.6 is 0 Å². The quantitative estimate of drug-likeness (QED) is 0.167. The fraction of sp³-hybridized carbons (Fsp3) is 0.385. The summed E-state index contributed by atoms with van der Waals surface area (Å²) in [5.41, 5.74) is 7.87. The van der Waals surface area contributed by atoms with E-state index in [2.05, 4.69) is 128 Å². The molecule has 0 aromatic heterocycles. The first-order valence-electron chi connectivity index (χ1n) is 15.7. The van der Waals surface area contributed by atoms with Gasteiger partial charge in [-0.05, 0) is 60.1 Å². The molecule has 1 N–H and O–H groups in total. The van der Waals surface area contributed by atoms with Gasteiger partial charge in [-0.2, -0.15) is 0 Å². The minimum atomic E-state index is -0.0264. The molecule has 3 nitrogen and oxygen atoms in total. The summed E-state index contributed by atoms with van der Waals surface area (Å²) in [5, 5.41) is 4.22. The average molecular weight is 562 g/mol. The minimum Gasteiger partial charge on any atom is -0.376 e. The van der Waals surface area contributed by atoms with Crippen LogP contribution in [0.2, 0.25) is 0 Å². The second-order valence-corrected chi connectivity index (χ2v) is 12.1. The van der Waals surface area contributed by atoms with Gasteiger partial charge in [0.25, 0.3) is 0 Å². The Morgan fingerprint density at radius 3 is 1.67 bits per heavy atom. The normalized spacial score (nSPS) is 16.1. The summed E-state index contributed by atoms with van der Waals surface area (Å²) in [6.45, 7) is 8.01. The smallest absolute Gasteiger partial charge is 0.0717 e. The van der Waals surface area contributed by atoms with Crippen molar-refractivity contribution in [1.82, 2.24) is 5.32 Å². The van der Waals surface area contributed by atoms with Crippen molar-refractivity contribution in [3.05, 3.63) is 143 Å². The molecule has 0 bridgehead atoms. The van der Waals surface area contributed by atoms with Gasteiger partial charge in [0.15, 0.2) is 0 Å². The molecule has 1 fully saturated rings. The number of hydrogen-bond acceptors (Lipinski definition) is 3. The SMILES string of the molecule is Cc1ccccc1C(CNC1(C(COCc2ccccc2)c2ccccc2C)CCCCC1)COCc1ccccc1. The van der Waals surface area contributed by atoms with Crippen LogP contribution in [0.15, 0.2) is 109 Å². The van der Waals surface area contributed by atoms with Crippen molar-refractivity contribution in [3.63, 3.8) is 0 Å². The van der Waals surface area contributed by atoms with Crippen LogP contribution in [0.4, 0.5) is 0 Å². The topological polar surface area (TPSA) is 30.5 Å². The number of nitrogens with one attached hydrogen (secondary N) is 1. The van der Waals surface area contributed by atoms with Gasteiger partial charge in [-0.15, -0.1) is 0 Å². The van der Waals surface area contributed by atoms with Crippen molar-refractivity contribution in [2.75, 3.05) is 19.8 Å². The van der Waals surface area contributed by atoms with E-state index in [0.29, 0.717) is 26.4 Å². The molecule has 1 saturated carbocycles. The fourth-order valence-corrected chi connectivity index (χ4v) is 6.75. The zero-order valence-corrected chi connectivity index (χ0v) is 25.4. The van der Waals surface area contributed by atoms with Crippen LogP contribution in [0.25, 0.3) is 0 Å². The average Bonchev–Trinajstić information content (AvgIpc) is 3.03. The molecule has 3 heteroatoms. The predicted octanol–water partition coefficient (Wildman–Crippen LogP) is 8.90. The highest BCUT2D eigenvalue weighted by molar-refractivity contribution is 5.34. The molecule has 2 unspecified atom stereocenters. The lowest BCUT2D eigenvalue weighted by Gasteiger charge is -2.46. The Morgan fingerprint density at radius 2 is 1.10 bits per heavy atom. The molecule has 4 aromatic rings. The Kier molecular flexibility index (Phi) is 11.0. The van der Waals surface area contributed by atoms with Gasteiger partial charge in [-0.25, -0.2) is 0 Å². The maximum Gasteiger partial charge on any atom is 0.0717 e. The third-order valence-electron chi connectivity index (χ3n) is 9.13. The third kappa shape index (κ3) is 7.98. The first-order chi connectivity index (χ1) is 20.6. The van der Waals surface area contributed by atoms with Crippen LogP contribution in [0.5, 0.6) is 0 Å². The monoisotopic (exact) mass is 561 g/mol. The highest BCUT2D eigenvalue weighted by Gasteiger charge is 2.41. The van der Waals surface area contributed by atoms with E-state index in [1.807, 2.05) is 0 Å². The maximum atomic E-state index is 6.53. The first kappa shape index (κ1) is 30.2. The Labute approximate surface area is 253 Å². The second-order valence-electron chi connectivity index (χ2n) is 12.1. The molecule has 0 radical (unpaired) electrons. The number of ether oxygens (including phenoxy) is 2. The van der Waals surface area contributed by atoms with Gasteiger partial charge in [0.2, 0.25) is 0 Å². The molecule has 0 heterocycles. The van der Waals surface area contributed by atoms with E-state index < -0.39 is 0 Å². The van der Waals surface area contributed by atoms with Crippen LogP contribution in [0.1, 0.15) is 77.3 Å². The predicted molar refractivity (Wildman–Crippen MR) is 174 cm³/mol. The van der Waals surface area contributed by atoms with Gasteiger partial charge in [0, 0.05) is 23.9 Å². The van der Waals surface area contributed by atoms with Gasteiger partial charge < -0.3 is 14.8 Å². The van der Waals surface area contributed by atoms with Gasteiger partial charge in [-0.3, -0.25) is 0 Å². The van der Waals surface area contributed by atoms with Gasteiger partial charge in [0.1, 0.15) is 0 Å². The van der Waals surface area contributed by atoms with E-state index in [-0.39, 0.29) is 17.4 Å². The molecule has 0 saturated heterocycles. The van der Waals surface area contributed by atoms with Crippen LogP contribution < -0.4 is 5.32 Å². The molecule has 5 rings (SSSR count).